The van der Waals surface area contributed by atoms with Crippen LogP contribution in [0.25, 0.3) is 0 Å². The third kappa shape index (κ3) is 3.97. The van der Waals surface area contributed by atoms with Crippen molar-refractivity contribution < 1.29 is 14.3 Å². The number of hydrogen-bond acceptors (Lipinski definition) is 4. The minimum atomic E-state index is -0.373. The molecule has 1 rings (SSSR count). The smallest absolute Gasteiger partial charge is 0.338 e. The van der Waals surface area contributed by atoms with Gasteiger partial charge in [0.25, 0.3) is 0 Å². The van der Waals surface area contributed by atoms with Gasteiger partial charge >= 0.3 is 5.97 Å². The van der Waals surface area contributed by atoms with Crippen LogP contribution in [0.2, 0.25) is 0 Å². The summed E-state index contributed by atoms with van der Waals surface area (Å²) in [6.07, 6.45) is 1.29. The summed E-state index contributed by atoms with van der Waals surface area (Å²) in [5, 5.41) is 0. The zero-order valence-corrected chi connectivity index (χ0v) is 10.2. The number of methoxy groups -OCH3 is 1. The van der Waals surface area contributed by atoms with Crippen molar-refractivity contribution in [1.29, 1.82) is 0 Å². The molecule has 0 aromatic carbocycles. The van der Waals surface area contributed by atoms with Gasteiger partial charge in [0.1, 0.15) is 10.7 Å². The summed E-state index contributed by atoms with van der Waals surface area (Å²) in [6, 6.07) is 3.22. The lowest BCUT2D eigenvalue weighted by atomic mass is 10.3. The highest BCUT2D eigenvalue weighted by Gasteiger charge is 2.11. The number of esters is 1. The van der Waals surface area contributed by atoms with E-state index in [1.807, 2.05) is 0 Å². The Bertz CT molecular complexity index is 343. The van der Waals surface area contributed by atoms with Crippen LogP contribution < -0.4 is 0 Å². The van der Waals surface area contributed by atoms with Crippen LogP contribution in [-0.4, -0.2) is 30.8 Å². The first-order valence-corrected chi connectivity index (χ1v) is 5.24. The number of pyridine rings is 1. The summed E-state index contributed by atoms with van der Waals surface area (Å²) in [6.45, 7) is 2.16. The lowest BCUT2D eigenvalue weighted by Crippen LogP contribution is -2.19. The maximum atomic E-state index is 11.6. The fourth-order valence-corrected chi connectivity index (χ4v) is 1.41. The van der Waals surface area contributed by atoms with Gasteiger partial charge in [0.05, 0.1) is 12.2 Å². The Kier molecular flexibility index (Phi) is 4.71. The van der Waals surface area contributed by atoms with Gasteiger partial charge in [-0.25, -0.2) is 9.78 Å². The molecule has 1 atom stereocenters. The molecule has 0 radical (unpaired) electrons. The normalized spacial score (nSPS) is 12.2. The number of ether oxygens (including phenoxy) is 2. The van der Waals surface area contributed by atoms with E-state index in [2.05, 4.69) is 20.9 Å². The van der Waals surface area contributed by atoms with Crippen molar-refractivity contribution >= 4 is 21.9 Å². The second kappa shape index (κ2) is 5.82. The lowest BCUT2D eigenvalue weighted by Gasteiger charge is -2.11. The first kappa shape index (κ1) is 12.1. The fraction of sp³-hybridized carbons (Fsp3) is 0.400. The van der Waals surface area contributed by atoms with Crippen LogP contribution in [0.15, 0.2) is 22.9 Å². The minimum Gasteiger partial charge on any atom is -0.457 e. The van der Waals surface area contributed by atoms with E-state index >= 15 is 0 Å². The number of carbonyl (C=O) groups excluding carboxylic acids is 1. The third-order valence-electron chi connectivity index (χ3n) is 1.67. The van der Waals surface area contributed by atoms with Crippen LogP contribution in [0, 0.1) is 0 Å². The average molecular weight is 274 g/mol. The minimum absolute atomic E-state index is 0.255. The van der Waals surface area contributed by atoms with Crippen molar-refractivity contribution in [2.45, 2.75) is 13.0 Å². The maximum Gasteiger partial charge on any atom is 0.338 e. The molecule has 0 spiro atoms. The number of halogens is 1. The van der Waals surface area contributed by atoms with Crippen LogP contribution in [0.3, 0.4) is 0 Å². The molecule has 82 valence electrons. The topological polar surface area (TPSA) is 48.4 Å². The summed E-state index contributed by atoms with van der Waals surface area (Å²) in [4.78, 5) is 15.5. The Hall–Kier alpha value is -0.940. The molecule has 5 heteroatoms. The van der Waals surface area contributed by atoms with Crippen molar-refractivity contribution in [1.82, 2.24) is 4.98 Å². The van der Waals surface area contributed by atoms with Crippen LogP contribution in [-0.2, 0) is 9.47 Å². The first-order chi connectivity index (χ1) is 7.13. The van der Waals surface area contributed by atoms with Gasteiger partial charge in [-0.3, -0.25) is 0 Å². The summed E-state index contributed by atoms with van der Waals surface area (Å²) in [7, 11) is 1.56. The van der Waals surface area contributed by atoms with Gasteiger partial charge in [0.15, 0.2) is 0 Å². The van der Waals surface area contributed by atoms with Gasteiger partial charge in [-0.2, -0.15) is 0 Å². The second-order valence-corrected chi connectivity index (χ2v) is 3.85. The van der Waals surface area contributed by atoms with Gasteiger partial charge in [-0.1, -0.05) is 0 Å². The summed E-state index contributed by atoms with van der Waals surface area (Å²) >= 11 is 3.18. The zero-order chi connectivity index (χ0) is 11.3. The molecule has 0 aliphatic rings. The van der Waals surface area contributed by atoms with Crippen molar-refractivity contribution in [2.24, 2.45) is 0 Å². The molecule has 0 bridgehead atoms. The molecule has 15 heavy (non-hydrogen) atoms. The SMILES string of the molecule is COCC(C)OC(=O)c1ccnc(Br)c1. The predicted octanol–water partition coefficient (Wildman–Crippen LogP) is 2.04. The van der Waals surface area contributed by atoms with E-state index in [-0.39, 0.29) is 12.1 Å². The average Bonchev–Trinajstić information content (AvgIpc) is 2.18. The Balaban J connectivity index is 2.61. The molecule has 0 N–H and O–H groups in total. The van der Waals surface area contributed by atoms with Crippen LogP contribution in [0.4, 0.5) is 0 Å². The molecule has 1 aromatic heterocycles. The fourth-order valence-electron chi connectivity index (χ4n) is 1.05. The van der Waals surface area contributed by atoms with E-state index in [0.29, 0.717) is 16.8 Å². The number of hydrogen-bond donors (Lipinski definition) is 0. The molecule has 1 unspecified atom stereocenters. The standard InChI is InChI=1S/C10H12BrNO3/c1-7(6-14-2)15-10(13)8-3-4-12-9(11)5-8/h3-5,7H,6H2,1-2H3. The molecule has 0 saturated heterocycles. The largest absolute Gasteiger partial charge is 0.457 e. The van der Waals surface area contributed by atoms with E-state index in [9.17, 15) is 4.79 Å². The van der Waals surface area contributed by atoms with Gasteiger partial charge in [0, 0.05) is 13.3 Å². The molecule has 1 heterocycles. The molecule has 0 saturated carbocycles. The van der Waals surface area contributed by atoms with E-state index in [4.69, 9.17) is 9.47 Å². The molecule has 0 aliphatic heterocycles. The van der Waals surface area contributed by atoms with Crippen LogP contribution in [0.5, 0.6) is 0 Å². The molecule has 4 nitrogen and oxygen atoms in total. The van der Waals surface area contributed by atoms with Crippen molar-refractivity contribution in [3.05, 3.63) is 28.5 Å². The number of aromatic nitrogens is 1. The highest BCUT2D eigenvalue weighted by atomic mass is 79.9. The molecule has 0 fully saturated rings. The zero-order valence-electron chi connectivity index (χ0n) is 8.57. The summed E-state index contributed by atoms with van der Waals surface area (Å²) in [5.74, 6) is -0.373. The Morgan fingerprint density at radius 2 is 2.40 bits per heavy atom. The van der Waals surface area contributed by atoms with Crippen LogP contribution >= 0.6 is 15.9 Å². The highest BCUT2D eigenvalue weighted by molar-refractivity contribution is 9.10. The van der Waals surface area contributed by atoms with E-state index < -0.39 is 0 Å². The number of rotatable bonds is 4. The Morgan fingerprint density at radius 1 is 1.67 bits per heavy atom. The third-order valence-corrected chi connectivity index (χ3v) is 2.11. The first-order valence-electron chi connectivity index (χ1n) is 4.45. The van der Waals surface area contributed by atoms with Gasteiger partial charge in [-0.15, -0.1) is 0 Å². The summed E-state index contributed by atoms with van der Waals surface area (Å²) in [5.41, 5.74) is 0.472. The van der Waals surface area contributed by atoms with Gasteiger partial charge < -0.3 is 9.47 Å². The van der Waals surface area contributed by atoms with Gasteiger partial charge in [-0.05, 0) is 35.0 Å². The molecule has 1 aromatic rings. The van der Waals surface area contributed by atoms with E-state index in [1.165, 1.54) is 0 Å². The predicted molar refractivity (Wildman–Crippen MR) is 58.7 cm³/mol. The maximum absolute atomic E-state index is 11.6. The molecule has 0 amide bonds. The van der Waals surface area contributed by atoms with E-state index in [0.717, 1.165) is 0 Å². The van der Waals surface area contributed by atoms with Crippen molar-refractivity contribution in [2.75, 3.05) is 13.7 Å². The quantitative estimate of drug-likeness (QED) is 0.622. The Labute approximate surface area is 96.7 Å². The lowest BCUT2D eigenvalue weighted by molar-refractivity contribution is 0.0120. The molecular formula is C10H12BrNO3. The number of carbonyl (C=O) groups is 1. The van der Waals surface area contributed by atoms with Crippen LogP contribution in [0.1, 0.15) is 17.3 Å². The van der Waals surface area contributed by atoms with Crippen molar-refractivity contribution in [3.63, 3.8) is 0 Å². The number of nitrogens with zero attached hydrogens (tertiary/aromatic N) is 1. The Morgan fingerprint density at radius 3 is 3.00 bits per heavy atom. The second-order valence-electron chi connectivity index (χ2n) is 3.04. The molecule has 0 aliphatic carbocycles. The van der Waals surface area contributed by atoms with Gasteiger partial charge in [0.2, 0.25) is 0 Å². The summed E-state index contributed by atoms with van der Waals surface area (Å²) < 4.78 is 10.6. The highest BCUT2D eigenvalue weighted by Crippen LogP contribution is 2.10. The molecular weight excluding hydrogens is 262 g/mol. The monoisotopic (exact) mass is 273 g/mol. The van der Waals surface area contributed by atoms with E-state index in [1.54, 1.807) is 32.4 Å². The van der Waals surface area contributed by atoms with Crippen molar-refractivity contribution in [3.8, 4) is 0 Å².